The third-order valence-electron chi connectivity index (χ3n) is 9.74. The summed E-state index contributed by atoms with van der Waals surface area (Å²) in [6.07, 6.45) is 8.06. The number of fused-ring (bicyclic) bond motifs is 6. The van der Waals surface area contributed by atoms with Crippen molar-refractivity contribution < 1.29 is 24.3 Å². The molecule has 2 aromatic heterocycles. The number of hydrogen-bond donors (Lipinski definition) is 2. The number of carbonyl (C=O) groups excluding carboxylic acids is 3. The van der Waals surface area contributed by atoms with E-state index in [4.69, 9.17) is 4.74 Å². The van der Waals surface area contributed by atoms with Gasteiger partial charge in [-0.1, -0.05) is 49.4 Å². The van der Waals surface area contributed by atoms with Crippen LogP contribution in [0, 0.1) is 5.92 Å². The molecule has 0 bridgehead atoms. The van der Waals surface area contributed by atoms with Crippen molar-refractivity contribution in [3.05, 3.63) is 101 Å². The van der Waals surface area contributed by atoms with Gasteiger partial charge in [-0.3, -0.25) is 19.7 Å². The smallest absolute Gasteiger partial charge is 0.246 e. The van der Waals surface area contributed by atoms with E-state index < -0.39 is 17.4 Å². The van der Waals surface area contributed by atoms with Gasteiger partial charge in [0.1, 0.15) is 23.3 Å². The van der Waals surface area contributed by atoms with Crippen molar-refractivity contribution in [2.75, 3.05) is 34.9 Å². The minimum atomic E-state index is -1.19. The van der Waals surface area contributed by atoms with Gasteiger partial charge in [-0.15, -0.1) is 0 Å². The molecule has 0 fully saturated rings. The second kappa shape index (κ2) is 11.7. The standard InChI is InChI=1S/C38H33N7O5/c1-4-50-24-11-9-23(10-12-24)31-18-45(49)37(41-31)42-34(47)19-43-21-44(36-32(43)17-39-20-40-36)38(3)30-14-13-26-25-7-5-6-8-27(25)33(46)16-28(26)29(30)15-22(2)35(38)48/h5-18,20,22,49H,4,19,21H2,1-3H3,(H,41,42,47). The first-order valence-corrected chi connectivity index (χ1v) is 16.4. The topological polar surface area (TPSA) is 143 Å². The molecule has 1 amide bonds. The van der Waals surface area contributed by atoms with E-state index in [9.17, 15) is 19.6 Å². The average Bonchev–Trinajstić information content (AvgIpc) is 3.67. The van der Waals surface area contributed by atoms with Crippen LogP contribution in [0.3, 0.4) is 0 Å². The van der Waals surface area contributed by atoms with E-state index in [0.29, 0.717) is 29.4 Å². The number of nitrogens with one attached hydrogen (secondary N) is 1. The Bertz CT molecular complexity index is 2350. The molecule has 0 spiro atoms. The van der Waals surface area contributed by atoms with Crippen LogP contribution >= 0.6 is 0 Å². The number of ketones is 2. The summed E-state index contributed by atoms with van der Waals surface area (Å²) in [6, 6.07) is 18.8. The molecule has 3 aliphatic rings. The number of hydrogen-bond acceptors (Lipinski definition) is 10. The van der Waals surface area contributed by atoms with E-state index in [-0.39, 0.29) is 30.7 Å². The van der Waals surface area contributed by atoms with Crippen LogP contribution in [-0.2, 0) is 15.1 Å². The molecule has 2 unspecified atom stereocenters. The highest BCUT2D eigenvalue weighted by molar-refractivity contribution is 6.22. The molecule has 2 atom stereocenters. The van der Waals surface area contributed by atoms with Gasteiger partial charge < -0.3 is 19.7 Å². The SMILES string of the molecule is CCOc1ccc(-c2cn(O)c(NC(=O)CN3CN(C4(C)C(=O)C(C)C=c5c4ccc4c5=CC(=O)c5ccccc5-4)c4ncncc43)n2)cc1. The maximum Gasteiger partial charge on any atom is 0.246 e. The van der Waals surface area contributed by atoms with Gasteiger partial charge in [-0.2, -0.15) is 4.73 Å². The van der Waals surface area contributed by atoms with E-state index in [2.05, 4.69) is 20.3 Å². The number of benzene rings is 3. The molecule has 0 saturated heterocycles. The van der Waals surface area contributed by atoms with Crippen LogP contribution in [0.25, 0.3) is 34.5 Å². The summed E-state index contributed by atoms with van der Waals surface area (Å²) in [6.45, 7) is 6.22. The summed E-state index contributed by atoms with van der Waals surface area (Å²) >= 11 is 0. The minimum Gasteiger partial charge on any atom is -0.494 e. The van der Waals surface area contributed by atoms with Gasteiger partial charge in [0.2, 0.25) is 11.9 Å². The number of nitrogens with zero attached hydrogens (tertiary/aromatic N) is 6. The number of amides is 1. The molecule has 2 aliphatic carbocycles. The lowest BCUT2D eigenvalue weighted by Crippen LogP contribution is -2.59. The van der Waals surface area contributed by atoms with Gasteiger partial charge in [0.25, 0.3) is 0 Å². The first kappa shape index (κ1) is 31.0. The largest absolute Gasteiger partial charge is 0.494 e. The third kappa shape index (κ3) is 4.82. The number of imidazole rings is 1. The molecular formula is C38H33N7O5. The Hall–Kier alpha value is -6.30. The molecule has 12 nitrogen and oxygen atoms in total. The molecule has 0 radical (unpaired) electrons. The number of rotatable bonds is 7. The molecule has 3 aromatic carbocycles. The van der Waals surface area contributed by atoms with Gasteiger partial charge >= 0.3 is 0 Å². The zero-order chi connectivity index (χ0) is 34.7. The average molecular weight is 668 g/mol. The molecule has 0 saturated carbocycles. The van der Waals surface area contributed by atoms with Crippen LogP contribution in [0.4, 0.5) is 17.5 Å². The summed E-state index contributed by atoms with van der Waals surface area (Å²) in [5.41, 5.74) is 3.81. The molecule has 1 aliphatic heterocycles. The first-order chi connectivity index (χ1) is 24.2. The molecule has 5 aromatic rings. The van der Waals surface area contributed by atoms with Crippen LogP contribution in [0.1, 0.15) is 36.7 Å². The van der Waals surface area contributed by atoms with Crippen molar-refractivity contribution >= 4 is 47.1 Å². The number of aromatic nitrogens is 4. The quantitative estimate of drug-likeness (QED) is 0.247. The lowest BCUT2D eigenvalue weighted by atomic mass is 9.73. The predicted molar refractivity (Wildman–Crippen MR) is 187 cm³/mol. The molecule has 250 valence electrons. The van der Waals surface area contributed by atoms with Crippen molar-refractivity contribution in [3.63, 3.8) is 0 Å². The van der Waals surface area contributed by atoms with Crippen molar-refractivity contribution in [2.24, 2.45) is 5.92 Å². The lowest BCUT2D eigenvalue weighted by molar-refractivity contribution is -0.126. The fourth-order valence-electron chi connectivity index (χ4n) is 7.32. The van der Waals surface area contributed by atoms with Crippen LogP contribution < -0.4 is 30.3 Å². The molecule has 3 heterocycles. The molecule has 12 heteroatoms. The summed E-state index contributed by atoms with van der Waals surface area (Å²) in [5.74, 6) is 0.174. The van der Waals surface area contributed by atoms with Crippen molar-refractivity contribution in [1.29, 1.82) is 0 Å². The van der Waals surface area contributed by atoms with Crippen LogP contribution in [-0.4, -0.2) is 62.2 Å². The molecule has 2 N–H and O–H groups in total. The zero-order valence-electron chi connectivity index (χ0n) is 27.6. The molecule has 50 heavy (non-hydrogen) atoms. The number of anilines is 3. The summed E-state index contributed by atoms with van der Waals surface area (Å²) in [4.78, 5) is 57.9. The van der Waals surface area contributed by atoms with Crippen LogP contribution in [0.15, 0.2) is 79.4 Å². The number of Topliss-reactive ketones (excluding diaryl/α,β-unsaturated/α-hetero) is 2. The Kier molecular flexibility index (Phi) is 7.25. The normalized spacial score (nSPS) is 18.7. The Morgan fingerprint density at radius 3 is 2.60 bits per heavy atom. The van der Waals surface area contributed by atoms with Gasteiger partial charge in [-0.05, 0) is 71.3 Å². The van der Waals surface area contributed by atoms with Gasteiger partial charge in [0.15, 0.2) is 17.4 Å². The third-order valence-corrected chi connectivity index (χ3v) is 9.74. The monoisotopic (exact) mass is 667 g/mol. The van der Waals surface area contributed by atoms with E-state index in [1.54, 1.807) is 17.2 Å². The van der Waals surface area contributed by atoms with Crippen molar-refractivity contribution in [2.45, 2.75) is 26.3 Å². The van der Waals surface area contributed by atoms with E-state index >= 15 is 0 Å². The first-order valence-electron chi connectivity index (χ1n) is 16.4. The highest BCUT2D eigenvalue weighted by atomic mass is 16.5. The molecule has 8 rings (SSSR count). The molecular weight excluding hydrogens is 634 g/mol. The highest BCUT2D eigenvalue weighted by Crippen LogP contribution is 2.44. The Morgan fingerprint density at radius 1 is 1.04 bits per heavy atom. The fourth-order valence-corrected chi connectivity index (χ4v) is 7.32. The number of carbonyl (C=O) groups is 3. The van der Waals surface area contributed by atoms with E-state index in [1.165, 1.54) is 12.5 Å². The van der Waals surface area contributed by atoms with Crippen LogP contribution in [0.2, 0.25) is 0 Å². The van der Waals surface area contributed by atoms with E-state index in [0.717, 1.165) is 43.2 Å². The summed E-state index contributed by atoms with van der Waals surface area (Å²) < 4.78 is 6.27. The maximum atomic E-state index is 14.3. The minimum absolute atomic E-state index is 0.0347. The van der Waals surface area contributed by atoms with E-state index in [1.807, 2.05) is 92.4 Å². The van der Waals surface area contributed by atoms with Gasteiger partial charge in [0.05, 0.1) is 37.9 Å². The maximum absolute atomic E-state index is 14.3. The second-order valence-corrected chi connectivity index (χ2v) is 12.7. The summed E-state index contributed by atoms with van der Waals surface area (Å²) in [7, 11) is 0. The van der Waals surface area contributed by atoms with Crippen LogP contribution in [0.5, 0.6) is 5.75 Å². The fraction of sp³-hybridized carbons (Fsp3) is 0.211. The Morgan fingerprint density at radius 2 is 1.82 bits per heavy atom. The highest BCUT2D eigenvalue weighted by Gasteiger charge is 2.50. The second-order valence-electron chi connectivity index (χ2n) is 12.7. The Balaban J connectivity index is 1.10. The number of ether oxygens (including phenoxy) is 1. The van der Waals surface area contributed by atoms with Crippen molar-refractivity contribution in [3.8, 4) is 28.1 Å². The van der Waals surface area contributed by atoms with Gasteiger partial charge in [-0.25, -0.2) is 15.0 Å². The predicted octanol–water partition coefficient (Wildman–Crippen LogP) is 3.76. The zero-order valence-corrected chi connectivity index (χ0v) is 27.6. The van der Waals surface area contributed by atoms with Gasteiger partial charge in [0, 0.05) is 17.0 Å². The Labute approximate surface area is 287 Å². The van der Waals surface area contributed by atoms with Crippen molar-refractivity contribution in [1.82, 2.24) is 19.7 Å². The lowest BCUT2D eigenvalue weighted by Gasteiger charge is -2.42. The summed E-state index contributed by atoms with van der Waals surface area (Å²) in [5, 5.41) is 14.9.